The molecule has 1 aromatic carbocycles. The number of benzene rings is 1. The van der Waals surface area contributed by atoms with Gasteiger partial charge in [0, 0.05) is 37.9 Å². The summed E-state index contributed by atoms with van der Waals surface area (Å²) in [6, 6.07) is 11.1. The van der Waals surface area contributed by atoms with Crippen LogP contribution in [0, 0.1) is 22.2 Å². The fourth-order valence-corrected chi connectivity index (χ4v) is 6.69. The molecule has 2 spiro atoms. The number of rotatable bonds is 5. The van der Waals surface area contributed by atoms with Crippen LogP contribution in [0.5, 0.6) is 0 Å². The minimum Gasteiger partial charge on any atom is -0.369 e. The van der Waals surface area contributed by atoms with Crippen LogP contribution in [0.4, 0.5) is 10.5 Å². The highest BCUT2D eigenvalue weighted by Crippen LogP contribution is 2.58. The maximum absolute atomic E-state index is 13.7. The summed E-state index contributed by atoms with van der Waals surface area (Å²) in [5.41, 5.74) is 6.89. The number of primary amides is 1. The van der Waals surface area contributed by atoms with E-state index in [1.807, 2.05) is 9.80 Å². The summed E-state index contributed by atoms with van der Waals surface area (Å²) in [5, 5.41) is 9.90. The number of anilines is 1. The predicted molar refractivity (Wildman–Crippen MR) is 126 cm³/mol. The molecule has 3 amide bonds. The molecule has 0 unspecified atom stereocenters. The number of nitriles is 1. The van der Waals surface area contributed by atoms with Crippen molar-refractivity contribution >= 4 is 17.6 Å². The van der Waals surface area contributed by atoms with Gasteiger partial charge in [-0.3, -0.25) is 4.79 Å². The minimum absolute atomic E-state index is 0.0378. The molecule has 7 nitrogen and oxygen atoms in total. The Morgan fingerprint density at radius 1 is 1.15 bits per heavy atom. The fourth-order valence-electron chi connectivity index (χ4n) is 6.69. The number of hydrogen-bond acceptors (Lipinski definition) is 4. The van der Waals surface area contributed by atoms with Gasteiger partial charge in [-0.15, -0.1) is 0 Å². The van der Waals surface area contributed by atoms with Crippen molar-refractivity contribution in [2.45, 2.75) is 69.9 Å². The van der Waals surface area contributed by atoms with Gasteiger partial charge in [0.05, 0.1) is 28.0 Å². The first kappa shape index (κ1) is 22.1. The van der Waals surface area contributed by atoms with Crippen LogP contribution in [-0.2, 0) is 10.3 Å². The third-order valence-electron chi connectivity index (χ3n) is 9.24. The lowest BCUT2D eigenvalue weighted by molar-refractivity contribution is -0.126. The van der Waals surface area contributed by atoms with Crippen molar-refractivity contribution in [2.24, 2.45) is 16.6 Å². The van der Waals surface area contributed by atoms with Crippen LogP contribution in [0.25, 0.3) is 0 Å². The van der Waals surface area contributed by atoms with Gasteiger partial charge in [0.2, 0.25) is 5.91 Å². The third kappa shape index (κ3) is 3.06. The summed E-state index contributed by atoms with van der Waals surface area (Å²) in [5.74, 6) is -0.398. The normalized spacial score (nSPS) is 30.1. The molecule has 2 aliphatic heterocycles. The van der Waals surface area contributed by atoms with Gasteiger partial charge in [-0.25, -0.2) is 4.79 Å². The zero-order valence-corrected chi connectivity index (χ0v) is 20.1. The molecule has 5 rings (SSSR count). The monoisotopic (exact) mass is 449 g/mol. The predicted octanol–water partition coefficient (Wildman–Crippen LogP) is 3.59. The van der Waals surface area contributed by atoms with E-state index in [0.717, 1.165) is 44.9 Å². The Labute approximate surface area is 196 Å². The average Bonchev–Trinajstić information content (AvgIpc) is 3.00. The third-order valence-corrected chi connectivity index (χ3v) is 9.24. The number of nitrogens with zero attached hydrogens (tertiary/aromatic N) is 4. The van der Waals surface area contributed by atoms with Gasteiger partial charge in [0.1, 0.15) is 0 Å². The van der Waals surface area contributed by atoms with Crippen molar-refractivity contribution < 1.29 is 9.59 Å². The highest BCUT2D eigenvalue weighted by atomic mass is 16.2. The average molecular weight is 450 g/mol. The molecule has 0 atom stereocenters. The second-order valence-electron chi connectivity index (χ2n) is 11.6. The number of nitrogens with two attached hydrogens (primary N) is 1. The molecular weight excluding hydrogens is 414 g/mol. The molecule has 2 heterocycles. The van der Waals surface area contributed by atoms with Gasteiger partial charge < -0.3 is 20.4 Å². The van der Waals surface area contributed by atoms with E-state index >= 15 is 0 Å². The Bertz CT molecular complexity index is 1030. The Hall–Kier alpha value is -2.75. The van der Waals surface area contributed by atoms with Crippen molar-refractivity contribution in [3.63, 3.8) is 0 Å². The van der Waals surface area contributed by atoms with Crippen LogP contribution in [-0.4, -0.2) is 54.0 Å². The van der Waals surface area contributed by atoms with E-state index in [1.165, 1.54) is 11.3 Å². The number of urea groups is 1. The van der Waals surface area contributed by atoms with E-state index in [0.29, 0.717) is 19.6 Å². The highest BCUT2D eigenvalue weighted by Gasteiger charge is 2.59. The van der Waals surface area contributed by atoms with Crippen molar-refractivity contribution in [1.82, 2.24) is 9.80 Å². The summed E-state index contributed by atoms with van der Waals surface area (Å²) in [6.45, 7) is 5.02. The molecule has 0 aromatic heterocycles. The quantitative estimate of drug-likeness (QED) is 0.743. The minimum atomic E-state index is -0.792. The number of carbonyl (C=O) groups excluding carboxylic acids is 2. The molecule has 33 heavy (non-hydrogen) atoms. The van der Waals surface area contributed by atoms with Crippen molar-refractivity contribution in [3.05, 3.63) is 29.8 Å². The molecule has 3 fully saturated rings. The molecule has 2 aliphatic carbocycles. The highest BCUT2D eigenvalue weighted by molar-refractivity contribution is 5.83. The Morgan fingerprint density at radius 2 is 1.82 bits per heavy atom. The van der Waals surface area contributed by atoms with Crippen LogP contribution in [0.1, 0.15) is 64.4 Å². The first-order valence-electron chi connectivity index (χ1n) is 12.2. The van der Waals surface area contributed by atoms with Gasteiger partial charge in [-0.1, -0.05) is 24.6 Å². The van der Waals surface area contributed by atoms with E-state index < -0.39 is 16.7 Å². The molecule has 0 radical (unpaired) electrons. The van der Waals surface area contributed by atoms with Crippen LogP contribution < -0.4 is 10.6 Å². The van der Waals surface area contributed by atoms with Gasteiger partial charge >= 0.3 is 6.03 Å². The Balaban J connectivity index is 1.43. The molecule has 0 bridgehead atoms. The molecule has 2 N–H and O–H groups in total. The molecule has 1 saturated heterocycles. The number of carbonyl (C=O) groups is 2. The number of fused-ring (bicyclic) bond motifs is 2. The van der Waals surface area contributed by atoms with Crippen LogP contribution in [0.3, 0.4) is 0 Å². The topological polar surface area (TPSA) is 93.7 Å². The maximum Gasteiger partial charge on any atom is 0.320 e. The van der Waals surface area contributed by atoms with Crippen molar-refractivity contribution in [2.75, 3.05) is 31.6 Å². The summed E-state index contributed by atoms with van der Waals surface area (Å²) >= 11 is 0. The van der Waals surface area contributed by atoms with Crippen LogP contribution >= 0.6 is 0 Å². The zero-order chi connectivity index (χ0) is 23.6. The Kier molecular flexibility index (Phi) is 4.76. The second kappa shape index (κ2) is 7.12. The van der Waals surface area contributed by atoms with Crippen LogP contribution in [0.2, 0.25) is 0 Å². The number of amides is 3. The summed E-state index contributed by atoms with van der Waals surface area (Å²) in [7, 11) is 2.18. The van der Waals surface area contributed by atoms with Crippen molar-refractivity contribution in [1.29, 1.82) is 5.26 Å². The van der Waals surface area contributed by atoms with E-state index in [1.54, 1.807) is 13.8 Å². The van der Waals surface area contributed by atoms with Gasteiger partial charge in [0.15, 0.2) is 0 Å². The number of para-hydroxylation sites is 1. The smallest absolute Gasteiger partial charge is 0.320 e. The first-order chi connectivity index (χ1) is 15.6. The maximum atomic E-state index is 13.7. The van der Waals surface area contributed by atoms with Gasteiger partial charge in [-0.05, 0) is 58.4 Å². The van der Waals surface area contributed by atoms with Gasteiger partial charge in [-0.2, -0.15) is 5.26 Å². The van der Waals surface area contributed by atoms with E-state index in [4.69, 9.17) is 5.73 Å². The molecular formula is C26H35N5O2. The summed E-state index contributed by atoms with van der Waals surface area (Å²) in [4.78, 5) is 32.0. The lowest BCUT2D eigenvalue weighted by atomic mass is 9.63. The zero-order valence-electron chi connectivity index (χ0n) is 20.1. The van der Waals surface area contributed by atoms with Crippen molar-refractivity contribution in [3.8, 4) is 6.07 Å². The van der Waals surface area contributed by atoms with E-state index in [-0.39, 0.29) is 17.1 Å². The van der Waals surface area contributed by atoms with Gasteiger partial charge in [0.25, 0.3) is 0 Å². The number of hydrogen-bond donors (Lipinski definition) is 1. The lowest BCUT2D eigenvalue weighted by Gasteiger charge is -2.59. The standard InChI is InChI=1S/C26H35N5O2/c1-23(2,21(28)32)16-30-18-25(31(22(30)33)17-24(15-27)9-6-10-24)11-13-26(14-12-25)19-7-4-5-8-20(19)29(26)3/h4-5,7-8H,6,9-14,16-18H2,1-3H3,(H2,28,32). The van der Waals surface area contributed by atoms with E-state index in [2.05, 4.69) is 42.3 Å². The molecule has 2 saturated carbocycles. The fraction of sp³-hybridized carbons (Fsp3) is 0.654. The largest absolute Gasteiger partial charge is 0.369 e. The second-order valence-corrected chi connectivity index (χ2v) is 11.6. The van der Waals surface area contributed by atoms with E-state index in [9.17, 15) is 14.9 Å². The molecule has 1 aromatic rings. The van der Waals surface area contributed by atoms with Crippen LogP contribution in [0.15, 0.2) is 24.3 Å². The lowest BCUT2D eigenvalue weighted by Crippen LogP contribution is -2.61. The first-order valence-corrected chi connectivity index (χ1v) is 12.2. The molecule has 176 valence electrons. The summed E-state index contributed by atoms with van der Waals surface area (Å²) < 4.78 is 0. The SMILES string of the molecule is CN1c2ccccc2C12CCC1(CC2)CN(CC(C)(C)C(N)=O)C(=O)N1CC1(C#N)CCC1. The summed E-state index contributed by atoms with van der Waals surface area (Å²) in [6.07, 6.45) is 6.52. The molecule has 4 aliphatic rings. The Morgan fingerprint density at radius 3 is 2.39 bits per heavy atom. The molecule has 7 heteroatoms.